The molecule has 0 radical (unpaired) electrons. The summed E-state index contributed by atoms with van der Waals surface area (Å²) in [5.41, 5.74) is 1.03. The third-order valence-corrected chi connectivity index (χ3v) is 4.26. The van der Waals surface area contributed by atoms with Gasteiger partial charge in [-0.2, -0.15) is 8.42 Å². The van der Waals surface area contributed by atoms with E-state index in [9.17, 15) is 8.42 Å². The number of nitrogens with one attached hydrogen (secondary N) is 2. The molecule has 120 valence electrons. The van der Waals surface area contributed by atoms with E-state index < -0.39 is 10.2 Å². The third kappa shape index (κ3) is 6.01. The van der Waals surface area contributed by atoms with E-state index in [0.29, 0.717) is 13.1 Å². The minimum Gasteiger partial charge on any atom is -0.497 e. The summed E-state index contributed by atoms with van der Waals surface area (Å²) in [5.74, 6) is 0.779. The van der Waals surface area contributed by atoms with Crippen molar-refractivity contribution in [3.05, 3.63) is 29.8 Å². The second-order valence-corrected chi connectivity index (χ2v) is 6.58. The van der Waals surface area contributed by atoms with Gasteiger partial charge in [0.15, 0.2) is 0 Å². The average Bonchev–Trinajstić information content (AvgIpc) is 2.45. The standard InChI is InChI=1S/C14H25N3O3S/c1-5-10-15-21(18,19)16-11-14(17(2)3)12-6-8-13(20-4)9-7-12/h6-9,14-16H,5,10-11H2,1-4H3. The van der Waals surface area contributed by atoms with Gasteiger partial charge in [0.25, 0.3) is 10.2 Å². The zero-order valence-electron chi connectivity index (χ0n) is 13.1. The summed E-state index contributed by atoms with van der Waals surface area (Å²) >= 11 is 0. The van der Waals surface area contributed by atoms with Crippen LogP contribution in [0, 0.1) is 0 Å². The van der Waals surface area contributed by atoms with Crippen LogP contribution < -0.4 is 14.2 Å². The molecule has 6 nitrogen and oxygen atoms in total. The van der Waals surface area contributed by atoms with Gasteiger partial charge in [0.1, 0.15) is 5.75 Å². The Morgan fingerprint density at radius 1 is 1.19 bits per heavy atom. The summed E-state index contributed by atoms with van der Waals surface area (Å²) in [4.78, 5) is 1.98. The predicted octanol–water partition coefficient (Wildman–Crippen LogP) is 1.13. The molecule has 7 heteroatoms. The Morgan fingerprint density at radius 2 is 1.81 bits per heavy atom. The van der Waals surface area contributed by atoms with Crippen molar-refractivity contribution in [3.63, 3.8) is 0 Å². The molecular formula is C14H25N3O3S. The highest BCUT2D eigenvalue weighted by molar-refractivity contribution is 7.87. The van der Waals surface area contributed by atoms with Crippen molar-refractivity contribution in [1.29, 1.82) is 0 Å². The maximum atomic E-state index is 11.8. The Bertz CT molecular complexity index is 515. The SMILES string of the molecule is CCCNS(=O)(=O)NCC(c1ccc(OC)cc1)N(C)C. The van der Waals surface area contributed by atoms with Gasteiger partial charge in [-0.3, -0.25) is 0 Å². The van der Waals surface area contributed by atoms with Crippen LogP contribution >= 0.6 is 0 Å². The minimum absolute atomic E-state index is 0.0471. The van der Waals surface area contributed by atoms with Gasteiger partial charge >= 0.3 is 0 Å². The third-order valence-electron chi connectivity index (χ3n) is 3.13. The Kier molecular flexibility index (Phi) is 7.10. The summed E-state index contributed by atoms with van der Waals surface area (Å²) in [6.07, 6.45) is 0.760. The molecule has 0 spiro atoms. The van der Waals surface area contributed by atoms with E-state index in [1.165, 1.54) is 0 Å². The van der Waals surface area contributed by atoms with Gasteiger partial charge in [0, 0.05) is 19.1 Å². The molecule has 1 rings (SSSR count). The zero-order valence-corrected chi connectivity index (χ0v) is 13.9. The average molecular weight is 315 g/mol. The van der Waals surface area contributed by atoms with Crippen LogP contribution in [0.3, 0.4) is 0 Å². The van der Waals surface area contributed by atoms with Crippen LogP contribution in [0.1, 0.15) is 24.9 Å². The Balaban J connectivity index is 2.73. The lowest BCUT2D eigenvalue weighted by Crippen LogP contribution is -2.41. The lowest BCUT2D eigenvalue weighted by Gasteiger charge is -2.25. The lowest BCUT2D eigenvalue weighted by molar-refractivity contribution is 0.299. The number of hydrogen-bond donors (Lipinski definition) is 2. The highest BCUT2D eigenvalue weighted by Gasteiger charge is 2.17. The first-order valence-electron chi connectivity index (χ1n) is 6.94. The van der Waals surface area contributed by atoms with E-state index in [4.69, 9.17) is 4.74 Å². The molecule has 0 bridgehead atoms. The van der Waals surface area contributed by atoms with Gasteiger partial charge in [-0.25, -0.2) is 9.44 Å². The first-order valence-corrected chi connectivity index (χ1v) is 8.42. The van der Waals surface area contributed by atoms with Crippen LogP contribution in [-0.4, -0.2) is 47.6 Å². The Hall–Kier alpha value is -1.15. The van der Waals surface area contributed by atoms with Crippen LogP contribution in [0.25, 0.3) is 0 Å². The predicted molar refractivity (Wildman–Crippen MR) is 84.6 cm³/mol. The number of methoxy groups -OCH3 is 1. The van der Waals surface area contributed by atoms with Crippen LogP contribution in [0.4, 0.5) is 0 Å². The topological polar surface area (TPSA) is 70.7 Å². The molecule has 0 saturated heterocycles. The molecule has 1 aromatic carbocycles. The number of benzene rings is 1. The van der Waals surface area contributed by atoms with Crippen molar-refractivity contribution >= 4 is 10.2 Å². The van der Waals surface area contributed by atoms with E-state index in [2.05, 4.69) is 9.44 Å². The first kappa shape index (κ1) is 17.9. The van der Waals surface area contributed by atoms with Crippen LogP contribution in [-0.2, 0) is 10.2 Å². The number of hydrogen-bond acceptors (Lipinski definition) is 4. The number of nitrogens with zero attached hydrogens (tertiary/aromatic N) is 1. The van der Waals surface area contributed by atoms with Gasteiger partial charge < -0.3 is 9.64 Å². The fourth-order valence-corrected chi connectivity index (χ4v) is 2.85. The Morgan fingerprint density at radius 3 is 2.29 bits per heavy atom. The second-order valence-electron chi connectivity index (χ2n) is 5.00. The molecule has 0 amide bonds. The molecule has 2 N–H and O–H groups in total. The summed E-state index contributed by atoms with van der Waals surface area (Å²) < 4.78 is 33.8. The van der Waals surface area contributed by atoms with E-state index in [0.717, 1.165) is 17.7 Å². The monoisotopic (exact) mass is 315 g/mol. The summed E-state index contributed by atoms with van der Waals surface area (Å²) in [5, 5.41) is 0. The summed E-state index contributed by atoms with van der Waals surface area (Å²) in [7, 11) is 2.01. The van der Waals surface area contributed by atoms with Gasteiger partial charge in [0.05, 0.1) is 7.11 Å². The van der Waals surface area contributed by atoms with Gasteiger partial charge in [-0.05, 0) is 38.2 Å². The van der Waals surface area contributed by atoms with Crippen molar-refractivity contribution in [2.24, 2.45) is 0 Å². The molecule has 0 aromatic heterocycles. The maximum absolute atomic E-state index is 11.8. The first-order chi connectivity index (χ1) is 9.89. The van der Waals surface area contributed by atoms with Crippen LogP contribution in [0.2, 0.25) is 0 Å². The molecule has 0 aliphatic heterocycles. The molecular weight excluding hydrogens is 290 g/mol. The highest BCUT2D eigenvalue weighted by Crippen LogP contribution is 2.20. The smallest absolute Gasteiger partial charge is 0.276 e. The maximum Gasteiger partial charge on any atom is 0.276 e. The molecule has 0 aliphatic carbocycles. The number of likely N-dealkylation sites (N-methyl/N-ethyl adjacent to an activating group) is 1. The molecule has 1 aromatic rings. The summed E-state index contributed by atoms with van der Waals surface area (Å²) in [6, 6.07) is 7.58. The van der Waals surface area contributed by atoms with E-state index in [1.807, 2.05) is 50.2 Å². The fraction of sp³-hybridized carbons (Fsp3) is 0.571. The zero-order chi connectivity index (χ0) is 15.9. The minimum atomic E-state index is -3.44. The van der Waals surface area contributed by atoms with E-state index >= 15 is 0 Å². The van der Waals surface area contributed by atoms with E-state index in [1.54, 1.807) is 7.11 Å². The normalized spacial score (nSPS) is 13.4. The van der Waals surface area contributed by atoms with Gasteiger partial charge in [0.2, 0.25) is 0 Å². The molecule has 0 fully saturated rings. The molecule has 1 unspecified atom stereocenters. The fourth-order valence-electron chi connectivity index (χ4n) is 1.90. The summed E-state index contributed by atoms with van der Waals surface area (Å²) in [6.45, 7) is 2.66. The van der Waals surface area contributed by atoms with Crippen molar-refractivity contribution in [2.45, 2.75) is 19.4 Å². The molecule has 1 atom stereocenters. The van der Waals surface area contributed by atoms with Crippen molar-refractivity contribution in [1.82, 2.24) is 14.3 Å². The van der Waals surface area contributed by atoms with E-state index in [-0.39, 0.29) is 6.04 Å². The number of ether oxygens (including phenoxy) is 1. The molecule has 21 heavy (non-hydrogen) atoms. The quantitative estimate of drug-likeness (QED) is 0.717. The molecule has 0 saturated carbocycles. The van der Waals surface area contributed by atoms with Crippen LogP contribution in [0.5, 0.6) is 5.75 Å². The second kappa shape index (κ2) is 8.33. The largest absolute Gasteiger partial charge is 0.497 e. The lowest BCUT2D eigenvalue weighted by atomic mass is 10.1. The molecule has 0 heterocycles. The van der Waals surface area contributed by atoms with Gasteiger partial charge in [-0.15, -0.1) is 0 Å². The molecule has 0 aliphatic rings. The Labute approximate surface area is 127 Å². The van der Waals surface area contributed by atoms with Crippen molar-refractivity contribution in [3.8, 4) is 5.75 Å². The van der Waals surface area contributed by atoms with Crippen LogP contribution in [0.15, 0.2) is 24.3 Å². The van der Waals surface area contributed by atoms with Gasteiger partial charge in [-0.1, -0.05) is 19.1 Å². The highest BCUT2D eigenvalue weighted by atomic mass is 32.2. The van der Waals surface area contributed by atoms with Crippen molar-refractivity contribution < 1.29 is 13.2 Å². The number of rotatable bonds is 9. The van der Waals surface area contributed by atoms with Crippen molar-refractivity contribution in [2.75, 3.05) is 34.3 Å².